The first-order valence-corrected chi connectivity index (χ1v) is 8.60. The van der Waals surface area contributed by atoms with Crippen molar-refractivity contribution < 1.29 is 13.9 Å². The van der Waals surface area contributed by atoms with E-state index in [1.54, 1.807) is 6.26 Å². The molecule has 0 bridgehead atoms. The van der Waals surface area contributed by atoms with Crippen molar-refractivity contribution in [3.8, 4) is 0 Å². The van der Waals surface area contributed by atoms with Crippen LogP contribution in [0.25, 0.3) is 0 Å². The second kappa shape index (κ2) is 5.69. The Kier molecular flexibility index (Phi) is 3.68. The van der Waals surface area contributed by atoms with Crippen molar-refractivity contribution in [1.29, 1.82) is 0 Å². The number of aromatic nitrogens is 1. The Bertz CT molecular complexity index is 542. The van der Waals surface area contributed by atoms with E-state index in [9.17, 15) is 4.79 Å². The van der Waals surface area contributed by atoms with Crippen LogP contribution < -0.4 is 0 Å². The number of oxazole rings is 1. The second-order valence-corrected chi connectivity index (χ2v) is 6.98. The zero-order chi connectivity index (χ0) is 15.1. The van der Waals surface area contributed by atoms with Crippen LogP contribution in [-0.2, 0) is 4.74 Å². The first-order chi connectivity index (χ1) is 10.7. The topological polar surface area (TPSA) is 55.6 Å². The number of hydrogen-bond donors (Lipinski definition) is 0. The average molecular weight is 304 g/mol. The summed E-state index contributed by atoms with van der Waals surface area (Å²) in [5.41, 5.74) is 0.487. The average Bonchev–Trinajstić information content (AvgIpc) is 3.47. The zero-order valence-electron chi connectivity index (χ0n) is 13.2. The predicted molar refractivity (Wildman–Crippen MR) is 80.7 cm³/mol. The van der Waals surface area contributed by atoms with Gasteiger partial charge in [-0.1, -0.05) is 0 Å². The zero-order valence-corrected chi connectivity index (χ0v) is 13.2. The Morgan fingerprint density at radius 3 is 2.59 bits per heavy atom. The van der Waals surface area contributed by atoms with Crippen LogP contribution >= 0.6 is 0 Å². The molecule has 1 amide bonds. The highest BCUT2D eigenvalue weighted by atomic mass is 16.5. The monoisotopic (exact) mass is 304 g/mol. The molecule has 2 aliphatic carbocycles. The molecule has 1 atom stereocenters. The number of amides is 1. The molecule has 0 spiro atoms. The van der Waals surface area contributed by atoms with Crippen molar-refractivity contribution in [1.82, 2.24) is 9.88 Å². The van der Waals surface area contributed by atoms with E-state index in [0.29, 0.717) is 35.5 Å². The van der Waals surface area contributed by atoms with Crippen molar-refractivity contribution >= 4 is 5.91 Å². The fraction of sp³-hybridized carbons (Fsp3) is 0.765. The van der Waals surface area contributed by atoms with Gasteiger partial charge in [0.25, 0.3) is 5.91 Å². The van der Waals surface area contributed by atoms with Crippen LogP contribution in [0.4, 0.5) is 0 Å². The molecule has 0 radical (unpaired) electrons. The molecule has 1 saturated heterocycles. The molecule has 1 unspecified atom stereocenters. The summed E-state index contributed by atoms with van der Waals surface area (Å²) >= 11 is 0. The number of carbonyl (C=O) groups is 1. The molecule has 3 fully saturated rings. The van der Waals surface area contributed by atoms with Gasteiger partial charge in [-0.25, -0.2) is 4.98 Å². The maximum atomic E-state index is 12.9. The summed E-state index contributed by atoms with van der Waals surface area (Å²) in [5.74, 6) is 1.75. The first kappa shape index (κ1) is 14.2. The lowest BCUT2D eigenvalue weighted by atomic mass is 10.0. The Hall–Kier alpha value is -1.36. The summed E-state index contributed by atoms with van der Waals surface area (Å²) in [7, 11) is 0. The molecule has 22 heavy (non-hydrogen) atoms. The summed E-state index contributed by atoms with van der Waals surface area (Å²) in [6, 6.07) is 0.759. The highest BCUT2D eigenvalue weighted by Gasteiger charge is 2.42. The van der Waals surface area contributed by atoms with Gasteiger partial charge in [0.05, 0.1) is 0 Å². The van der Waals surface area contributed by atoms with Crippen LogP contribution in [0.1, 0.15) is 67.7 Å². The molecule has 1 aliphatic heterocycles. The van der Waals surface area contributed by atoms with Crippen LogP contribution in [-0.4, -0.2) is 41.1 Å². The van der Waals surface area contributed by atoms with E-state index < -0.39 is 0 Å². The van der Waals surface area contributed by atoms with Gasteiger partial charge in [-0.3, -0.25) is 4.79 Å². The van der Waals surface area contributed by atoms with Crippen molar-refractivity contribution in [2.75, 3.05) is 13.2 Å². The highest BCUT2D eigenvalue weighted by molar-refractivity contribution is 5.92. The Labute approximate surface area is 131 Å². The van der Waals surface area contributed by atoms with Gasteiger partial charge < -0.3 is 14.1 Å². The Morgan fingerprint density at radius 1 is 1.23 bits per heavy atom. The molecule has 2 saturated carbocycles. The summed E-state index contributed by atoms with van der Waals surface area (Å²) in [5, 5.41) is 0. The third-order valence-electron chi connectivity index (χ3n) is 5.23. The smallest absolute Gasteiger partial charge is 0.276 e. The molecule has 2 heterocycles. The number of ether oxygens (including phenoxy) is 1. The normalized spacial score (nSPS) is 24.2. The Morgan fingerprint density at radius 2 is 1.95 bits per heavy atom. The van der Waals surface area contributed by atoms with Crippen molar-refractivity contribution in [2.24, 2.45) is 5.92 Å². The summed E-state index contributed by atoms with van der Waals surface area (Å²) in [6.45, 7) is 3.69. The molecule has 0 N–H and O–H groups in total. The summed E-state index contributed by atoms with van der Waals surface area (Å²) in [6.07, 6.45) is 8.19. The van der Waals surface area contributed by atoms with Gasteiger partial charge in [-0.2, -0.15) is 0 Å². The van der Waals surface area contributed by atoms with Gasteiger partial charge in [0.2, 0.25) is 0 Å². The van der Waals surface area contributed by atoms with Crippen LogP contribution in [0.5, 0.6) is 0 Å². The van der Waals surface area contributed by atoms with Gasteiger partial charge in [0.1, 0.15) is 6.26 Å². The summed E-state index contributed by atoms with van der Waals surface area (Å²) in [4.78, 5) is 19.5. The molecule has 0 aromatic carbocycles. The van der Waals surface area contributed by atoms with Gasteiger partial charge in [0, 0.05) is 31.2 Å². The molecule has 1 aromatic rings. The van der Waals surface area contributed by atoms with Gasteiger partial charge in [0.15, 0.2) is 11.6 Å². The molecule has 4 rings (SSSR count). The standard InChI is InChI=1S/C17H24N2O3/c1-11(12-2-3-12)19(14-4-5-14)17(20)15-10-22-16(18-15)13-6-8-21-9-7-13/h10-14H,2-9H2,1H3. The minimum Gasteiger partial charge on any atom is -0.448 e. The van der Waals surface area contributed by atoms with Crippen molar-refractivity contribution in [2.45, 2.75) is 63.5 Å². The van der Waals surface area contributed by atoms with Crippen LogP contribution in [0, 0.1) is 5.92 Å². The molecular weight excluding hydrogens is 280 g/mol. The lowest BCUT2D eigenvalue weighted by Crippen LogP contribution is -2.41. The maximum absolute atomic E-state index is 12.9. The fourth-order valence-electron chi connectivity index (χ4n) is 3.49. The largest absolute Gasteiger partial charge is 0.448 e. The predicted octanol–water partition coefficient (Wildman–Crippen LogP) is 2.97. The van der Waals surface area contributed by atoms with E-state index in [1.807, 2.05) is 0 Å². The van der Waals surface area contributed by atoms with Gasteiger partial charge in [-0.05, 0) is 51.4 Å². The quantitative estimate of drug-likeness (QED) is 0.839. The fourth-order valence-corrected chi connectivity index (χ4v) is 3.49. The maximum Gasteiger partial charge on any atom is 0.276 e. The molecule has 1 aromatic heterocycles. The molecule has 5 heteroatoms. The SMILES string of the molecule is CC(C1CC1)N(C(=O)c1coc(C2CCOCC2)n1)C1CC1. The molecule has 120 valence electrons. The van der Waals surface area contributed by atoms with E-state index in [-0.39, 0.29) is 5.91 Å². The van der Waals surface area contributed by atoms with Crippen LogP contribution in [0.3, 0.4) is 0 Å². The Balaban J connectivity index is 1.50. The highest BCUT2D eigenvalue weighted by Crippen LogP contribution is 2.40. The van der Waals surface area contributed by atoms with E-state index >= 15 is 0 Å². The lowest BCUT2D eigenvalue weighted by Gasteiger charge is -2.28. The first-order valence-electron chi connectivity index (χ1n) is 8.60. The van der Waals surface area contributed by atoms with Crippen LogP contribution in [0.2, 0.25) is 0 Å². The minimum absolute atomic E-state index is 0.0592. The third-order valence-corrected chi connectivity index (χ3v) is 5.23. The second-order valence-electron chi connectivity index (χ2n) is 6.98. The lowest BCUT2D eigenvalue weighted by molar-refractivity contribution is 0.0647. The molecular formula is C17H24N2O3. The minimum atomic E-state index is 0.0592. The third kappa shape index (κ3) is 2.78. The van der Waals surface area contributed by atoms with Crippen molar-refractivity contribution in [3.05, 3.63) is 17.8 Å². The molecule has 5 nitrogen and oxygen atoms in total. The molecule has 3 aliphatic rings. The summed E-state index contributed by atoms with van der Waals surface area (Å²) < 4.78 is 11.0. The number of carbonyl (C=O) groups excluding carboxylic acids is 1. The van der Waals surface area contributed by atoms with E-state index in [4.69, 9.17) is 9.15 Å². The van der Waals surface area contributed by atoms with Crippen molar-refractivity contribution in [3.63, 3.8) is 0 Å². The van der Waals surface area contributed by atoms with Crippen LogP contribution in [0.15, 0.2) is 10.7 Å². The number of rotatable bonds is 5. The van der Waals surface area contributed by atoms with Gasteiger partial charge >= 0.3 is 0 Å². The van der Waals surface area contributed by atoms with E-state index in [1.165, 1.54) is 12.8 Å². The van der Waals surface area contributed by atoms with E-state index in [2.05, 4.69) is 16.8 Å². The van der Waals surface area contributed by atoms with E-state index in [0.717, 1.165) is 38.9 Å². The number of nitrogens with zero attached hydrogens (tertiary/aromatic N) is 2. The van der Waals surface area contributed by atoms with Gasteiger partial charge in [-0.15, -0.1) is 0 Å². The number of hydrogen-bond acceptors (Lipinski definition) is 4.